The molecule has 0 aliphatic carbocycles. The molecule has 176 valence electrons. The third-order valence-electron chi connectivity index (χ3n) is 5.59. The smallest absolute Gasteiger partial charge is 0.349 e. The monoisotopic (exact) mass is 459 g/mol. The fraction of sp³-hybridized carbons (Fsp3) is 0.308. The molecule has 0 spiro atoms. The third-order valence-corrected chi connectivity index (χ3v) is 5.59. The van der Waals surface area contributed by atoms with Gasteiger partial charge in [0.25, 0.3) is 5.91 Å². The first kappa shape index (κ1) is 24.5. The normalized spacial score (nSPS) is 11.2. The maximum atomic E-state index is 12.5. The van der Waals surface area contributed by atoms with Gasteiger partial charge < -0.3 is 14.6 Å². The Morgan fingerprint density at radius 2 is 1.85 bits per heavy atom. The molecule has 0 aliphatic heterocycles. The zero-order valence-corrected chi connectivity index (χ0v) is 20.2. The molecule has 2 aromatic heterocycles. The van der Waals surface area contributed by atoms with Crippen LogP contribution in [0.15, 0.2) is 42.0 Å². The first-order valence-electron chi connectivity index (χ1n) is 11.1. The van der Waals surface area contributed by atoms with Gasteiger partial charge in [0.15, 0.2) is 6.61 Å². The first-order valence-corrected chi connectivity index (χ1v) is 11.1. The molecule has 0 fully saturated rings. The predicted molar refractivity (Wildman–Crippen MR) is 130 cm³/mol. The second kappa shape index (κ2) is 10.7. The Balaban J connectivity index is 1.68. The van der Waals surface area contributed by atoms with Gasteiger partial charge >= 0.3 is 5.97 Å². The number of benzene rings is 1. The highest BCUT2D eigenvalue weighted by atomic mass is 16.5. The predicted octanol–water partition coefficient (Wildman–Crippen LogP) is 4.41. The lowest BCUT2D eigenvalue weighted by atomic mass is 10.1. The summed E-state index contributed by atoms with van der Waals surface area (Å²) in [5.74, 6) is -1.35. The number of amides is 1. The zero-order chi connectivity index (χ0) is 24.8. The first-order chi connectivity index (χ1) is 16.3. The Morgan fingerprint density at radius 3 is 2.50 bits per heavy atom. The summed E-state index contributed by atoms with van der Waals surface area (Å²) in [6.45, 7) is 10.0. The maximum absolute atomic E-state index is 12.5. The average molecular weight is 460 g/mol. The summed E-state index contributed by atoms with van der Waals surface area (Å²) in [7, 11) is 0. The van der Waals surface area contributed by atoms with Gasteiger partial charge in [-0.15, -0.1) is 0 Å². The lowest BCUT2D eigenvalue weighted by Crippen LogP contribution is -2.22. The molecule has 8 heteroatoms. The number of aryl methyl sites for hydroxylation is 2. The van der Waals surface area contributed by atoms with Crippen molar-refractivity contribution >= 4 is 23.6 Å². The number of carbonyl (C=O) groups is 2. The summed E-state index contributed by atoms with van der Waals surface area (Å²) in [5.41, 5.74) is 5.47. The lowest BCUT2D eigenvalue weighted by Gasteiger charge is -2.08. The molecule has 2 heterocycles. The van der Waals surface area contributed by atoms with Gasteiger partial charge in [0, 0.05) is 17.9 Å². The van der Waals surface area contributed by atoms with Crippen LogP contribution in [0.25, 0.3) is 11.8 Å². The number of ether oxygens (including phenoxy) is 1. The van der Waals surface area contributed by atoms with E-state index < -0.39 is 18.5 Å². The topological polar surface area (TPSA) is 102 Å². The Hall–Kier alpha value is -4.12. The maximum Gasteiger partial charge on any atom is 0.349 e. The standard InChI is InChI=1S/C26H29N5O3/c1-6-12-30-17(2)13-21(19(30)4)14-22(15-27)26(33)34-16-24(32)28-25-18(3)29-31(20(25)5)23-10-8-7-9-11-23/h7-11,13-14H,6,12,16H2,1-5H3,(H,28,32). The van der Waals surface area contributed by atoms with Gasteiger partial charge in [-0.05, 0) is 64.0 Å². The van der Waals surface area contributed by atoms with Crippen LogP contribution < -0.4 is 5.32 Å². The summed E-state index contributed by atoms with van der Waals surface area (Å²) in [5, 5.41) is 16.7. The fourth-order valence-electron chi connectivity index (χ4n) is 3.86. The van der Waals surface area contributed by atoms with Crippen molar-refractivity contribution in [3.8, 4) is 11.8 Å². The van der Waals surface area contributed by atoms with Crippen LogP contribution in [0, 0.1) is 39.0 Å². The molecule has 3 rings (SSSR count). The SMILES string of the molecule is CCCn1c(C)cc(C=C(C#N)C(=O)OCC(=O)Nc2c(C)nn(-c3ccccc3)c2C)c1C. The summed E-state index contributed by atoms with van der Waals surface area (Å²) in [4.78, 5) is 25.0. The quantitative estimate of drug-likeness (QED) is 0.305. The van der Waals surface area contributed by atoms with Gasteiger partial charge in [0.2, 0.25) is 0 Å². The molecular formula is C26H29N5O3. The van der Waals surface area contributed by atoms with E-state index in [0.717, 1.165) is 41.3 Å². The van der Waals surface area contributed by atoms with Crippen LogP contribution in [0.1, 0.15) is 41.7 Å². The molecule has 0 atom stereocenters. The van der Waals surface area contributed by atoms with E-state index >= 15 is 0 Å². The van der Waals surface area contributed by atoms with E-state index in [4.69, 9.17) is 4.74 Å². The molecule has 0 saturated carbocycles. The number of rotatable bonds is 8. The molecular weight excluding hydrogens is 430 g/mol. The van der Waals surface area contributed by atoms with Crippen molar-refractivity contribution in [1.29, 1.82) is 5.26 Å². The second-order valence-electron chi connectivity index (χ2n) is 8.07. The van der Waals surface area contributed by atoms with Gasteiger partial charge in [0.1, 0.15) is 11.6 Å². The molecule has 1 amide bonds. The average Bonchev–Trinajstić information content (AvgIpc) is 3.26. The molecule has 0 bridgehead atoms. The summed E-state index contributed by atoms with van der Waals surface area (Å²) in [6, 6.07) is 13.4. The number of nitrogens with zero attached hydrogens (tertiary/aromatic N) is 4. The van der Waals surface area contributed by atoms with Crippen molar-refractivity contribution in [3.05, 3.63) is 70.3 Å². The van der Waals surface area contributed by atoms with Gasteiger partial charge in [0.05, 0.1) is 22.8 Å². The number of nitriles is 1. The van der Waals surface area contributed by atoms with Gasteiger partial charge in [-0.25, -0.2) is 9.48 Å². The minimum Gasteiger partial charge on any atom is -0.451 e. The number of nitrogens with one attached hydrogen (secondary N) is 1. The molecule has 1 aromatic carbocycles. The number of aromatic nitrogens is 3. The molecule has 0 unspecified atom stereocenters. The second-order valence-corrected chi connectivity index (χ2v) is 8.07. The largest absolute Gasteiger partial charge is 0.451 e. The van der Waals surface area contributed by atoms with E-state index in [2.05, 4.69) is 21.9 Å². The van der Waals surface area contributed by atoms with Crippen LogP contribution in [-0.2, 0) is 20.9 Å². The number of hydrogen-bond acceptors (Lipinski definition) is 5. The van der Waals surface area contributed by atoms with E-state index in [-0.39, 0.29) is 5.57 Å². The molecule has 0 radical (unpaired) electrons. The van der Waals surface area contributed by atoms with Crippen LogP contribution in [0.5, 0.6) is 0 Å². The van der Waals surface area contributed by atoms with Crippen LogP contribution in [0.3, 0.4) is 0 Å². The number of esters is 1. The molecule has 3 aromatic rings. The Labute approximate surface area is 199 Å². The minimum atomic E-state index is -0.841. The van der Waals surface area contributed by atoms with Crippen molar-refractivity contribution in [2.24, 2.45) is 0 Å². The van der Waals surface area contributed by atoms with Crippen LogP contribution in [-0.4, -0.2) is 32.8 Å². The van der Waals surface area contributed by atoms with E-state index in [1.54, 1.807) is 11.6 Å². The lowest BCUT2D eigenvalue weighted by molar-refractivity contribution is -0.142. The number of anilines is 1. The Morgan fingerprint density at radius 1 is 1.15 bits per heavy atom. The Bertz CT molecular complexity index is 1280. The van der Waals surface area contributed by atoms with Crippen molar-refractivity contribution in [2.75, 3.05) is 11.9 Å². The molecule has 0 aliphatic rings. The molecule has 0 saturated heterocycles. The van der Waals surface area contributed by atoms with Gasteiger partial charge in [-0.2, -0.15) is 10.4 Å². The van der Waals surface area contributed by atoms with Crippen molar-refractivity contribution in [3.63, 3.8) is 0 Å². The highest BCUT2D eigenvalue weighted by Crippen LogP contribution is 2.23. The zero-order valence-electron chi connectivity index (χ0n) is 20.2. The van der Waals surface area contributed by atoms with Gasteiger partial charge in [-0.1, -0.05) is 25.1 Å². The number of hydrogen-bond donors (Lipinski definition) is 1. The fourth-order valence-corrected chi connectivity index (χ4v) is 3.86. The molecule has 1 N–H and O–H groups in total. The van der Waals surface area contributed by atoms with E-state index in [0.29, 0.717) is 11.4 Å². The molecule has 8 nitrogen and oxygen atoms in total. The van der Waals surface area contributed by atoms with E-state index in [1.807, 2.05) is 63.2 Å². The molecule has 34 heavy (non-hydrogen) atoms. The van der Waals surface area contributed by atoms with Gasteiger partial charge in [-0.3, -0.25) is 4.79 Å². The van der Waals surface area contributed by atoms with Crippen LogP contribution in [0.2, 0.25) is 0 Å². The van der Waals surface area contributed by atoms with E-state index in [1.165, 1.54) is 6.08 Å². The van der Waals surface area contributed by atoms with Crippen LogP contribution in [0.4, 0.5) is 5.69 Å². The summed E-state index contributed by atoms with van der Waals surface area (Å²) >= 11 is 0. The minimum absolute atomic E-state index is 0.159. The van der Waals surface area contributed by atoms with Crippen molar-refractivity contribution in [1.82, 2.24) is 14.3 Å². The summed E-state index contributed by atoms with van der Waals surface area (Å²) in [6.07, 6.45) is 2.48. The van der Waals surface area contributed by atoms with Crippen molar-refractivity contribution < 1.29 is 14.3 Å². The Kier molecular flexibility index (Phi) is 7.69. The highest BCUT2D eigenvalue weighted by molar-refractivity contribution is 6.00. The van der Waals surface area contributed by atoms with E-state index in [9.17, 15) is 14.9 Å². The van der Waals surface area contributed by atoms with Crippen molar-refractivity contribution in [2.45, 2.75) is 47.6 Å². The summed E-state index contributed by atoms with van der Waals surface area (Å²) < 4.78 is 9.00. The van der Waals surface area contributed by atoms with Crippen LogP contribution >= 0.6 is 0 Å². The number of carbonyl (C=O) groups excluding carboxylic acids is 2. The number of para-hydroxylation sites is 1. The highest BCUT2D eigenvalue weighted by Gasteiger charge is 2.18. The third kappa shape index (κ3) is 5.26.